The number of carbonyl (C=O) groups excluding carboxylic acids is 1. The average Bonchev–Trinajstić information content (AvgIpc) is 2.89. The van der Waals surface area contributed by atoms with Gasteiger partial charge in [-0.1, -0.05) is 0 Å². The zero-order valence-corrected chi connectivity index (χ0v) is 9.59. The summed E-state index contributed by atoms with van der Waals surface area (Å²) in [7, 11) is 0. The van der Waals surface area contributed by atoms with Gasteiger partial charge in [0.25, 0.3) is 0 Å². The van der Waals surface area contributed by atoms with Crippen LogP contribution in [0.1, 0.15) is 26.3 Å². The number of rotatable bonds is 4. The summed E-state index contributed by atoms with van der Waals surface area (Å²) < 4.78 is 6.80. The number of aromatic nitrogens is 2. The highest BCUT2D eigenvalue weighted by molar-refractivity contribution is 5.77. The third-order valence-electron chi connectivity index (χ3n) is 3.07. The van der Waals surface area contributed by atoms with Crippen molar-refractivity contribution in [2.24, 2.45) is 0 Å². The molecule has 2 rings (SSSR count). The molecule has 0 radical (unpaired) electrons. The molecule has 5 heteroatoms. The molecule has 0 bridgehead atoms. The smallest absolute Gasteiger partial charge is 0.323 e. The number of hydrogen-bond acceptors (Lipinski definition) is 4. The lowest BCUT2D eigenvalue weighted by Gasteiger charge is -2.23. The zero-order chi connectivity index (χ0) is 11.5. The van der Waals surface area contributed by atoms with Crippen LogP contribution in [0.2, 0.25) is 0 Å². The van der Waals surface area contributed by atoms with E-state index in [-0.39, 0.29) is 24.1 Å². The van der Waals surface area contributed by atoms with Gasteiger partial charge in [-0.3, -0.25) is 14.8 Å². The van der Waals surface area contributed by atoms with Gasteiger partial charge in [0.15, 0.2) is 0 Å². The predicted molar refractivity (Wildman–Crippen MR) is 58.9 cm³/mol. The molecule has 16 heavy (non-hydrogen) atoms. The van der Waals surface area contributed by atoms with Crippen LogP contribution in [0, 0.1) is 0 Å². The van der Waals surface area contributed by atoms with Gasteiger partial charge in [-0.15, -0.1) is 0 Å². The molecule has 0 saturated carbocycles. The fourth-order valence-corrected chi connectivity index (χ4v) is 1.85. The van der Waals surface area contributed by atoms with E-state index in [0.717, 1.165) is 6.42 Å². The molecule has 3 atom stereocenters. The summed E-state index contributed by atoms with van der Waals surface area (Å²) in [6.45, 7) is 4.66. The highest BCUT2D eigenvalue weighted by Crippen LogP contribution is 2.13. The van der Waals surface area contributed by atoms with E-state index in [1.54, 1.807) is 6.20 Å². The van der Waals surface area contributed by atoms with E-state index >= 15 is 0 Å². The molecule has 0 aliphatic carbocycles. The maximum absolute atomic E-state index is 11.3. The van der Waals surface area contributed by atoms with Gasteiger partial charge in [0.1, 0.15) is 6.04 Å². The number of esters is 1. The number of hydrogen-bond donors (Lipinski definition) is 1. The standard InChI is InChI=1S/C11H17N3O2/c1-8(9(2)14-6-3-5-12-14)13-10-4-7-16-11(10)15/h3,5-6,8-10,13H,4,7H2,1-2H3/t8-,9-,10+/m0/s1. The van der Waals surface area contributed by atoms with Crippen molar-refractivity contribution in [3.63, 3.8) is 0 Å². The Balaban J connectivity index is 1.92. The fourth-order valence-electron chi connectivity index (χ4n) is 1.85. The average molecular weight is 223 g/mol. The molecule has 0 amide bonds. The summed E-state index contributed by atoms with van der Waals surface area (Å²) in [6, 6.07) is 2.12. The van der Waals surface area contributed by atoms with Crippen LogP contribution in [0.4, 0.5) is 0 Å². The Labute approximate surface area is 94.8 Å². The van der Waals surface area contributed by atoms with E-state index in [9.17, 15) is 4.79 Å². The summed E-state index contributed by atoms with van der Waals surface area (Å²) >= 11 is 0. The normalized spacial score (nSPS) is 24.1. The molecule has 2 heterocycles. The van der Waals surface area contributed by atoms with E-state index in [1.165, 1.54) is 0 Å². The first-order valence-electron chi connectivity index (χ1n) is 5.60. The molecule has 0 spiro atoms. The lowest BCUT2D eigenvalue weighted by Crippen LogP contribution is -2.43. The third kappa shape index (κ3) is 2.24. The van der Waals surface area contributed by atoms with Gasteiger partial charge in [0.05, 0.1) is 12.6 Å². The van der Waals surface area contributed by atoms with E-state index < -0.39 is 0 Å². The van der Waals surface area contributed by atoms with Gasteiger partial charge < -0.3 is 4.74 Å². The third-order valence-corrected chi connectivity index (χ3v) is 3.07. The van der Waals surface area contributed by atoms with Crippen molar-refractivity contribution in [2.75, 3.05) is 6.61 Å². The Morgan fingerprint density at radius 3 is 3.00 bits per heavy atom. The summed E-state index contributed by atoms with van der Waals surface area (Å²) in [4.78, 5) is 11.3. The van der Waals surface area contributed by atoms with E-state index in [4.69, 9.17) is 4.74 Å². The van der Waals surface area contributed by atoms with Gasteiger partial charge >= 0.3 is 5.97 Å². The maximum atomic E-state index is 11.3. The van der Waals surface area contributed by atoms with Crippen LogP contribution >= 0.6 is 0 Å². The van der Waals surface area contributed by atoms with Gasteiger partial charge in [-0.05, 0) is 19.9 Å². The van der Waals surface area contributed by atoms with Crippen molar-refractivity contribution in [1.29, 1.82) is 0 Å². The van der Waals surface area contributed by atoms with Crippen molar-refractivity contribution < 1.29 is 9.53 Å². The SMILES string of the molecule is C[C@H](N[C@@H]1CCOC1=O)[C@H](C)n1cccn1. The monoisotopic (exact) mass is 223 g/mol. The quantitative estimate of drug-likeness (QED) is 0.765. The zero-order valence-electron chi connectivity index (χ0n) is 9.59. The second-order valence-electron chi connectivity index (χ2n) is 4.19. The predicted octanol–water partition coefficient (Wildman–Crippen LogP) is 0.738. The minimum absolute atomic E-state index is 0.139. The number of ether oxygens (including phenoxy) is 1. The molecule has 1 fully saturated rings. The van der Waals surface area contributed by atoms with E-state index in [2.05, 4.69) is 24.3 Å². The van der Waals surface area contributed by atoms with Gasteiger partial charge in [-0.2, -0.15) is 5.10 Å². The largest absolute Gasteiger partial charge is 0.464 e. The first-order valence-corrected chi connectivity index (χ1v) is 5.60. The fraction of sp³-hybridized carbons (Fsp3) is 0.636. The summed E-state index contributed by atoms with van der Waals surface area (Å²) in [5, 5.41) is 7.47. The molecule has 1 aliphatic rings. The van der Waals surface area contributed by atoms with Crippen LogP contribution in [-0.2, 0) is 9.53 Å². The molecule has 1 saturated heterocycles. The molecule has 1 aromatic heterocycles. The molecular formula is C11H17N3O2. The van der Waals surface area contributed by atoms with Crippen molar-refractivity contribution in [3.8, 4) is 0 Å². The van der Waals surface area contributed by atoms with Gasteiger partial charge in [0, 0.05) is 24.9 Å². The Morgan fingerprint density at radius 1 is 1.62 bits per heavy atom. The second-order valence-corrected chi connectivity index (χ2v) is 4.19. The molecule has 0 unspecified atom stereocenters. The first-order chi connectivity index (χ1) is 7.68. The summed E-state index contributed by atoms with van der Waals surface area (Å²) in [6.07, 6.45) is 4.44. The van der Waals surface area contributed by atoms with Crippen LogP contribution in [-0.4, -0.2) is 34.4 Å². The number of nitrogens with zero attached hydrogens (tertiary/aromatic N) is 2. The Morgan fingerprint density at radius 2 is 2.44 bits per heavy atom. The lowest BCUT2D eigenvalue weighted by atomic mass is 10.1. The molecule has 1 aromatic rings. The molecule has 5 nitrogen and oxygen atoms in total. The summed E-state index contributed by atoms with van der Waals surface area (Å²) in [5.74, 6) is -0.139. The second kappa shape index (κ2) is 4.65. The Bertz CT molecular complexity index is 350. The van der Waals surface area contributed by atoms with Crippen LogP contribution in [0.5, 0.6) is 0 Å². The Kier molecular flexibility index (Phi) is 3.24. The van der Waals surface area contributed by atoms with E-state index in [0.29, 0.717) is 6.61 Å². The van der Waals surface area contributed by atoms with Crippen LogP contribution in [0.15, 0.2) is 18.5 Å². The molecule has 88 valence electrons. The number of cyclic esters (lactones) is 1. The van der Waals surface area contributed by atoms with E-state index in [1.807, 2.05) is 16.9 Å². The highest BCUT2D eigenvalue weighted by Gasteiger charge is 2.29. The topological polar surface area (TPSA) is 56.1 Å². The highest BCUT2D eigenvalue weighted by atomic mass is 16.5. The first kappa shape index (κ1) is 11.1. The minimum atomic E-state index is -0.159. The van der Waals surface area contributed by atoms with Crippen molar-refractivity contribution >= 4 is 5.97 Å². The molecule has 1 N–H and O–H groups in total. The minimum Gasteiger partial charge on any atom is -0.464 e. The van der Waals surface area contributed by atoms with Gasteiger partial charge in [-0.25, -0.2) is 0 Å². The van der Waals surface area contributed by atoms with Crippen molar-refractivity contribution in [2.45, 2.75) is 38.4 Å². The van der Waals surface area contributed by atoms with Crippen molar-refractivity contribution in [3.05, 3.63) is 18.5 Å². The molecular weight excluding hydrogens is 206 g/mol. The Hall–Kier alpha value is -1.36. The van der Waals surface area contributed by atoms with Gasteiger partial charge in [0.2, 0.25) is 0 Å². The number of nitrogens with one attached hydrogen (secondary N) is 1. The lowest BCUT2D eigenvalue weighted by molar-refractivity contribution is -0.139. The van der Waals surface area contributed by atoms with Crippen LogP contribution < -0.4 is 5.32 Å². The maximum Gasteiger partial charge on any atom is 0.323 e. The molecule has 1 aliphatic heterocycles. The summed E-state index contributed by atoms with van der Waals surface area (Å²) in [5.41, 5.74) is 0. The van der Waals surface area contributed by atoms with Crippen LogP contribution in [0.3, 0.4) is 0 Å². The van der Waals surface area contributed by atoms with Crippen LogP contribution in [0.25, 0.3) is 0 Å². The van der Waals surface area contributed by atoms with Crippen molar-refractivity contribution in [1.82, 2.24) is 15.1 Å². The molecule has 0 aromatic carbocycles. The number of carbonyl (C=O) groups is 1.